The first-order valence-electron chi connectivity index (χ1n) is 6.11. The second-order valence-electron chi connectivity index (χ2n) is 4.30. The number of anilines is 1. The molecule has 0 spiro atoms. The van der Waals surface area contributed by atoms with E-state index in [1.807, 2.05) is 0 Å². The van der Waals surface area contributed by atoms with E-state index in [0.717, 1.165) is 6.20 Å². The first-order chi connectivity index (χ1) is 10.2. The largest absolute Gasteiger partial charge is 0.320 e. The third kappa shape index (κ3) is 2.55. The minimum atomic E-state index is -0.679. The zero-order valence-electron chi connectivity index (χ0n) is 10.7. The number of pyridine rings is 2. The van der Waals surface area contributed by atoms with Crippen molar-refractivity contribution in [1.82, 2.24) is 9.97 Å². The van der Waals surface area contributed by atoms with Gasteiger partial charge in [-0.25, -0.2) is 4.39 Å². The van der Waals surface area contributed by atoms with Crippen LogP contribution in [0.3, 0.4) is 0 Å². The molecule has 0 atom stereocenters. The lowest BCUT2D eigenvalue weighted by atomic mass is 10.1. The van der Waals surface area contributed by atoms with Crippen LogP contribution in [-0.4, -0.2) is 15.9 Å². The van der Waals surface area contributed by atoms with Crippen molar-refractivity contribution in [3.8, 4) is 0 Å². The lowest BCUT2D eigenvalue weighted by Gasteiger charge is -2.09. The maximum absolute atomic E-state index is 13.6. The highest BCUT2D eigenvalue weighted by Gasteiger charge is 2.14. The van der Waals surface area contributed by atoms with Crippen LogP contribution in [0.2, 0.25) is 5.02 Å². The van der Waals surface area contributed by atoms with Crippen LogP contribution < -0.4 is 5.32 Å². The van der Waals surface area contributed by atoms with Gasteiger partial charge in [-0.05, 0) is 30.3 Å². The molecule has 2 heterocycles. The number of halogens is 2. The number of benzene rings is 1. The Kier molecular flexibility index (Phi) is 3.50. The van der Waals surface area contributed by atoms with E-state index in [9.17, 15) is 9.18 Å². The van der Waals surface area contributed by atoms with E-state index in [1.165, 1.54) is 12.3 Å². The Labute approximate surface area is 124 Å². The van der Waals surface area contributed by atoms with Crippen molar-refractivity contribution in [3.63, 3.8) is 0 Å². The number of carbonyl (C=O) groups excluding carboxylic acids is 1. The summed E-state index contributed by atoms with van der Waals surface area (Å²) in [5.74, 6) is -1.24. The predicted octanol–water partition coefficient (Wildman–Crippen LogP) is 3.67. The lowest BCUT2D eigenvalue weighted by Crippen LogP contribution is -2.14. The van der Waals surface area contributed by atoms with E-state index < -0.39 is 11.7 Å². The Morgan fingerprint density at radius 1 is 1.19 bits per heavy atom. The Balaban J connectivity index is 2.01. The van der Waals surface area contributed by atoms with Gasteiger partial charge in [0.15, 0.2) is 5.82 Å². The number of fused-ring (bicyclic) bond motifs is 1. The zero-order valence-corrected chi connectivity index (χ0v) is 11.4. The molecule has 0 aliphatic heterocycles. The Bertz CT molecular complexity index is 838. The molecule has 0 radical (unpaired) electrons. The summed E-state index contributed by atoms with van der Waals surface area (Å²) in [4.78, 5) is 19.9. The van der Waals surface area contributed by atoms with Gasteiger partial charge in [-0.2, -0.15) is 0 Å². The molecule has 3 aromatic rings. The fraction of sp³-hybridized carbons (Fsp3) is 0. The molecule has 4 nitrogen and oxygen atoms in total. The molecule has 1 aromatic carbocycles. The first kappa shape index (κ1) is 13.5. The molecule has 0 aliphatic carbocycles. The molecule has 0 unspecified atom stereocenters. The van der Waals surface area contributed by atoms with E-state index in [4.69, 9.17) is 11.6 Å². The second kappa shape index (κ2) is 5.46. The van der Waals surface area contributed by atoms with Crippen LogP contribution in [0.25, 0.3) is 10.9 Å². The third-order valence-corrected chi connectivity index (χ3v) is 3.31. The highest BCUT2D eigenvalue weighted by atomic mass is 35.5. The molecule has 6 heteroatoms. The predicted molar refractivity (Wildman–Crippen MR) is 78.9 cm³/mol. The highest BCUT2D eigenvalue weighted by molar-refractivity contribution is 6.36. The SMILES string of the molecule is O=C(Nc1ccc(Cl)c2cccnc12)c1ccncc1F. The molecule has 104 valence electrons. The summed E-state index contributed by atoms with van der Waals surface area (Å²) in [7, 11) is 0. The third-order valence-electron chi connectivity index (χ3n) is 2.98. The molecule has 1 amide bonds. The van der Waals surface area contributed by atoms with Gasteiger partial charge in [0, 0.05) is 17.8 Å². The highest BCUT2D eigenvalue weighted by Crippen LogP contribution is 2.28. The van der Waals surface area contributed by atoms with Crippen molar-refractivity contribution in [2.45, 2.75) is 0 Å². The molecular formula is C15H9ClFN3O. The fourth-order valence-electron chi connectivity index (χ4n) is 1.99. The molecule has 0 saturated heterocycles. The molecule has 0 bridgehead atoms. The van der Waals surface area contributed by atoms with Crippen LogP contribution in [0, 0.1) is 5.82 Å². The minimum absolute atomic E-state index is 0.0796. The first-order valence-corrected chi connectivity index (χ1v) is 6.48. The van der Waals surface area contributed by atoms with Gasteiger partial charge in [-0.1, -0.05) is 11.6 Å². The summed E-state index contributed by atoms with van der Waals surface area (Å²) in [5, 5.41) is 3.89. The molecule has 0 saturated carbocycles. The average molecular weight is 302 g/mol. The molecule has 21 heavy (non-hydrogen) atoms. The number of hydrogen-bond donors (Lipinski definition) is 1. The summed E-state index contributed by atoms with van der Waals surface area (Å²) >= 11 is 6.09. The topological polar surface area (TPSA) is 54.9 Å². The second-order valence-corrected chi connectivity index (χ2v) is 4.71. The van der Waals surface area contributed by atoms with Crippen molar-refractivity contribution in [1.29, 1.82) is 0 Å². The van der Waals surface area contributed by atoms with Crippen molar-refractivity contribution in [3.05, 3.63) is 65.3 Å². The van der Waals surface area contributed by atoms with Crippen molar-refractivity contribution in [2.24, 2.45) is 0 Å². The lowest BCUT2D eigenvalue weighted by molar-refractivity contribution is 0.102. The molecule has 1 N–H and O–H groups in total. The van der Waals surface area contributed by atoms with Gasteiger partial charge >= 0.3 is 0 Å². The van der Waals surface area contributed by atoms with Crippen LogP contribution in [0.5, 0.6) is 0 Å². The van der Waals surface area contributed by atoms with Crippen LogP contribution >= 0.6 is 11.6 Å². The van der Waals surface area contributed by atoms with Crippen molar-refractivity contribution in [2.75, 3.05) is 5.32 Å². The van der Waals surface area contributed by atoms with Gasteiger partial charge in [0.2, 0.25) is 0 Å². The van der Waals surface area contributed by atoms with Crippen molar-refractivity contribution < 1.29 is 9.18 Å². The summed E-state index contributed by atoms with van der Waals surface area (Å²) in [5.41, 5.74) is 0.938. The summed E-state index contributed by atoms with van der Waals surface area (Å²) < 4.78 is 13.6. The van der Waals surface area contributed by atoms with E-state index in [-0.39, 0.29) is 5.56 Å². The number of hydrogen-bond acceptors (Lipinski definition) is 3. The van der Waals surface area contributed by atoms with Gasteiger partial charge < -0.3 is 5.32 Å². The van der Waals surface area contributed by atoms with Gasteiger partial charge in [0.25, 0.3) is 5.91 Å². The number of amides is 1. The Morgan fingerprint density at radius 3 is 2.86 bits per heavy atom. The number of carbonyl (C=O) groups is 1. The summed E-state index contributed by atoms with van der Waals surface area (Å²) in [6, 6.07) is 8.16. The van der Waals surface area contributed by atoms with E-state index in [2.05, 4.69) is 15.3 Å². The zero-order chi connectivity index (χ0) is 14.8. The van der Waals surface area contributed by atoms with Gasteiger partial charge in [0.05, 0.1) is 28.0 Å². The minimum Gasteiger partial charge on any atom is -0.320 e. The van der Waals surface area contributed by atoms with Crippen LogP contribution in [0.4, 0.5) is 10.1 Å². The smallest absolute Gasteiger partial charge is 0.258 e. The summed E-state index contributed by atoms with van der Waals surface area (Å²) in [6.07, 6.45) is 3.95. The van der Waals surface area contributed by atoms with Crippen LogP contribution in [0.15, 0.2) is 48.9 Å². The molecular weight excluding hydrogens is 293 g/mol. The average Bonchev–Trinajstić information content (AvgIpc) is 2.51. The number of aromatic nitrogens is 2. The normalized spacial score (nSPS) is 10.6. The molecule has 0 aliphatic rings. The quantitative estimate of drug-likeness (QED) is 0.785. The number of nitrogens with zero attached hydrogens (tertiary/aromatic N) is 2. The molecule has 0 fully saturated rings. The molecule has 3 rings (SSSR count). The fourth-order valence-corrected chi connectivity index (χ4v) is 2.20. The monoisotopic (exact) mass is 301 g/mol. The van der Waals surface area contributed by atoms with Crippen molar-refractivity contribution >= 4 is 34.1 Å². The van der Waals surface area contributed by atoms with Gasteiger partial charge in [-0.15, -0.1) is 0 Å². The number of nitrogens with one attached hydrogen (secondary N) is 1. The van der Waals surface area contributed by atoms with Crippen LogP contribution in [-0.2, 0) is 0 Å². The van der Waals surface area contributed by atoms with E-state index in [1.54, 1.807) is 30.5 Å². The van der Waals surface area contributed by atoms with Gasteiger partial charge in [0.1, 0.15) is 0 Å². The van der Waals surface area contributed by atoms with Crippen LogP contribution in [0.1, 0.15) is 10.4 Å². The summed E-state index contributed by atoms with van der Waals surface area (Å²) in [6.45, 7) is 0. The van der Waals surface area contributed by atoms with Gasteiger partial charge in [-0.3, -0.25) is 14.8 Å². The van der Waals surface area contributed by atoms with E-state index in [0.29, 0.717) is 21.6 Å². The van der Waals surface area contributed by atoms with E-state index >= 15 is 0 Å². The Hall–Kier alpha value is -2.53. The standard InChI is InChI=1S/C15H9ClFN3O/c16-11-3-4-13(14-9(11)2-1-6-19-14)20-15(21)10-5-7-18-8-12(10)17/h1-8H,(H,20,21). The maximum Gasteiger partial charge on any atom is 0.258 e. The number of rotatable bonds is 2. The Morgan fingerprint density at radius 2 is 2.05 bits per heavy atom. The molecule has 2 aromatic heterocycles. The maximum atomic E-state index is 13.6.